The standard InChI is InChI=1S/C22H18ClNO3/c1-14-18(15-9-11-17(23)12-10-15)6-4-7-19(14)22(27)24-20-8-3-2-5-16(20)13-21(25)26/h2-12H,13H2,1H3,(H,24,27)(H,25,26). The van der Waals surface area contributed by atoms with Gasteiger partial charge in [-0.1, -0.05) is 54.1 Å². The lowest BCUT2D eigenvalue weighted by Gasteiger charge is -2.14. The van der Waals surface area contributed by atoms with Crippen LogP contribution in [0.4, 0.5) is 5.69 Å². The van der Waals surface area contributed by atoms with Gasteiger partial charge in [-0.2, -0.15) is 0 Å². The molecule has 0 spiro atoms. The first-order valence-corrected chi connectivity index (χ1v) is 8.80. The quantitative estimate of drug-likeness (QED) is 0.640. The molecule has 0 bridgehead atoms. The fraction of sp³-hybridized carbons (Fsp3) is 0.0909. The van der Waals surface area contributed by atoms with Crippen LogP contribution in [0.5, 0.6) is 0 Å². The Balaban J connectivity index is 1.91. The molecular formula is C22H18ClNO3. The largest absolute Gasteiger partial charge is 0.481 e. The van der Waals surface area contributed by atoms with Crippen LogP contribution >= 0.6 is 11.6 Å². The van der Waals surface area contributed by atoms with E-state index in [1.807, 2.05) is 43.3 Å². The zero-order valence-corrected chi connectivity index (χ0v) is 15.5. The highest BCUT2D eigenvalue weighted by Crippen LogP contribution is 2.27. The van der Waals surface area contributed by atoms with Crippen LogP contribution in [-0.4, -0.2) is 17.0 Å². The van der Waals surface area contributed by atoms with Crippen LogP contribution in [0.1, 0.15) is 21.5 Å². The zero-order chi connectivity index (χ0) is 19.4. The first-order valence-electron chi connectivity index (χ1n) is 8.42. The first-order chi connectivity index (χ1) is 13.0. The number of nitrogens with one attached hydrogen (secondary N) is 1. The van der Waals surface area contributed by atoms with Crippen LogP contribution < -0.4 is 5.32 Å². The number of amides is 1. The molecule has 0 heterocycles. The summed E-state index contributed by atoms with van der Waals surface area (Å²) in [6, 6.07) is 19.9. The summed E-state index contributed by atoms with van der Waals surface area (Å²) in [7, 11) is 0. The minimum atomic E-state index is -0.947. The lowest BCUT2D eigenvalue weighted by atomic mass is 9.96. The van der Waals surface area contributed by atoms with Gasteiger partial charge in [0.1, 0.15) is 0 Å². The van der Waals surface area contributed by atoms with E-state index >= 15 is 0 Å². The van der Waals surface area contributed by atoms with Gasteiger partial charge in [-0.3, -0.25) is 9.59 Å². The monoisotopic (exact) mass is 379 g/mol. The molecular weight excluding hydrogens is 362 g/mol. The van der Waals surface area contributed by atoms with E-state index < -0.39 is 5.97 Å². The van der Waals surface area contributed by atoms with Crippen molar-refractivity contribution in [3.63, 3.8) is 0 Å². The maximum Gasteiger partial charge on any atom is 0.307 e. The fourth-order valence-corrected chi connectivity index (χ4v) is 3.10. The highest BCUT2D eigenvalue weighted by atomic mass is 35.5. The first kappa shape index (κ1) is 18.7. The SMILES string of the molecule is Cc1c(C(=O)Nc2ccccc2CC(=O)O)cccc1-c1ccc(Cl)cc1. The third-order valence-corrected chi connectivity index (χ3v) is 4.59. The van der Waals surface area contributed by atoms with Gasteiger partial charge in [-0.05, 0) is 53.4 Å². The van der Waals surface area contributed by atoms with Gasteiger partial charge in [0.05, 0.1) is 6.42 Å². The molecule has 0 aromatic heterocycles. The summed E-state index contributed by atoms with van der Waals surface area (Å²) in [5.41, 5.74) is 4.35. The van der Waals surface area contributed by atoms with Gasteiger partial charge >= 0.3 is 5.97 Å². The minimum Gasteiger partial charge on any atom is -0.481 e. The number of aliphatic carboxylic acids is 1. The van der Waals surface area contributed by atoms with Crippen LogP contribution in [-0.2, 0) is 11.2 Å². The number of hydrogen-bond acceptors (Lipinski definition) is 2. The topological polar surface area (TPSA) is 66.4 Å². The van der Waals surface area contributed by atoms with Gasteiger partial charge in [0, 0.05) is 16.3 Å². The summed E-state index contributed by atoms with van der Waals surface area (Å²) < 4.78 is 0. The highest BCUT2D eigenvalue weighted by molar-refractivity contribution is 6.30. The van der Waals surface area contributed by atoms with Crippen LogP contribution in [0.2, 0.25) is 5.02 Å². The molecule has 0 aliphatic carbocycles. The number of halogens is 1. The molecule has 0 aliphatic rings. The van der Waals surface area contributed by atoms with Crippen LogP contribution in [0.25, 0.3) is 11.1 Å². The van der Waals surface area contributed by atoms with Crippen molar-refractivity contribution in [1.82, 2.24) is 0 Å². The molecule has 0 radical (unpaired) electrons. The van der Waals surface area contributed by atoms with Crippen molar-refractivity contribution in [2.45, 2.75) is 13.3 Å². The summed E-state index contributed by atoms with van der Waals surface area (Å²) in [5, 5.41) is 12.5. The molecule has 4 nitrogen and oxygen atoms in total. The van der Waals surface area contributed by atoms with Crippen molar-refractivity contribution in [2.24, 2.45) is 0 Å². The van der Waals surface area contributed by atoms with E-state index in [0.29, 0.717) is 21.8 Å². The van der Waals surface area contributed by atoms with Crippen molar-refractivity contribution < 1.29 is 14.7 Å². The number of carboxylic acids is 1. The zero-order valence-electron chi connectivity index (χ0n) is 14.7. The summed E-state index contributed by atoms with van der Waals surface area (Å²) in [5.74, 6) is -1.22. The van der Waals surface area contributed by atoms with Gasteiger partial charge in [-0.15, -0.1) is 0 Å². The van der Waals surface area contributed by atoms with E-state index in [1.165, 1.54) is 0 Å². The Bertz CT molecular complexity index is 997. The predicted octanol–water partition coefficient (Wildman–Crippen LogP) is 5.19. The maximum absolute atomic E-state index is 12.8. The molecule has 3 aromatic carbocycles. The molecule has 0 fully saturated rings. The molecule has 0 saturated heterocycles. The molecule has 5 heteroatoms. The summed E-state index contributed by atoms with van der Waals surface area (Å²) in [6.07, 6.45) is -0.153. The van der Waals surface area contributed by atoms with E-state index in [-0.39, 0.29) is 12.3 Å². The van der Waals surface area contributed by atoms with Crippen molar-refractivity contribution in [1.29, 1.82) is 0 Å². The van der Waals surface area contributed by atoms with Crippen LogP contribution in [0, 0.1) is 6.92 Å². The number of rotatable bonds is 5. The third-order valence-electron chi connectivity index (χ3n) is 4.34. The maximum atomic E-state index is 12.8. The number of para-hydroxylation sites is 1. The van der Waals surface area contributed by atoms with Crippen LogP contribution in [0.15, 0.2) is 66.7 Å². The summed E-state index contributed by atoms with van der Waals surface area (Å²) in [4.78, 5) is 23.9. The molecule has 1 amide bonds. The molecule has 27 heavy (non-hydrogen) atoms. The molecule has 3 rings (SSSR count). The average Bonchev–Trinajstić information content (AvgIpc) is 2.64. The van der Waals surface area contributed by atoms with Crippen LogP contribution in [0.3, 0.4) is 0 Å². The summed E-state index contributed by atoms with van der Waals surface area (Å²) >= 11 is 5.96. The molecule has 0 saturated carbocycles. The molecule has 0 aliphatic heterocycles. The number of anilines is 1. The lowest BCUT2D eigenvalue weighted by Crippen LogP contribution is -2.16. The van der Waals surface area contributed by atoms with Gasteiger partial charge in [0.25, 0.3) is 5.91 Å². The normalized spacial score (nSPS) is 10.4. The third kappa shape index (κ3) is 4.36. The Morgan fingerprint density at radius 2 is 1.67 bits per heavy atom. The second-order valence-electron chi connectivity index (χ2n) is 6.17. The number of carbonyl (C=O) groups is 2. The molecule has 0 atom stereocenters. The minimum absolute atomic E-state index is 0.153. The Labute approximate surface area is 162 Å². The fourth-order valence-electron chi connectivity index (χ4n) is 2.97. The van der Waals surface area contributed by atoms with E-state index in [9.17, 15) is 9.59 Å². The second-order valence-corrected chi connectivity index (χ2v) is 6.60. The Hall–Kier alpha value is -3.11. The number of carbonyl (C=O) groups excluding carboxylic acids is 1. The number of benzene rings is 3. The van der Waals surface area contributed by atoms with Crippen molar-refractivity contribution in [2.75, 3.05) is 5.32 Å². The van der Waals surface area contributed by atoms with E-state index in [2.05, 4.69) is 5.32 Å². The van der Waals surface area contributed by atoms with Gasteiger partial charge in [-0.25, -0.2) is 0 Å². The van der Waals surface area contributed by atoms with Crippen molar-refractivity contribution in [3.8, 4) is 11.1 Å². The molecule has 2 N–H and O–H groups in total. The van der Waals surface area contributed by atoms with E-state index in [1.54, 1.807) is 30.3 Å². The molecule has 0 unspecified atom stereocenters. The van der Waals surface area contributed by atoms with E-state index in [0.717, 1.165) is 16.7 Å². The lowest BCUT2D eigenvalue weighted by molar-refractivity contribution is -0.136. The van der Waals surface area contributed by atoms with Crippen molar-refractivity contribution >= 4 is 29.2 Å². The average molecular weight is 380 g/mol. The molecule has 3 aromatic rings. The highest BCUT2D eigenvalue weighted by Gasteiger charge is 2.15. The van der Waals surface area contributed by atoms with Gasteiger partial charge in [0.2, 0.25) is 0 Å². The molecule has 136 valence electrons. The number of hydrogen-bond donors (Lipinski definition) is 2. The smallest absolute Gasteiger partial charge is 0.307 e. The van der Waals surface area contributed by atoms with Gasteiger partial charge < -0.3 is 10.4 Å². The van der Waals surface area contributed by atoms with Gasteiger partial charge in [0.15, 0.2) is 0 Å². The van der Waals surface area contributed by atoms with Crippen molar-refractivity contribution in [3.05, 3.63) is 88.4 Å². The Morgan fingerprint density at radius 1 is 0.963 bits per heavy atom. The van der Waals surface area contributed by atoms with E-state index in [4.69, 9.17) is 16.7 Å². The predicted molar refractivity (Wildman–Crippen MR) is 107 cm³/mol. The second kappa shape index (κ2) is 8.06. The number of carboxylic acid groups (broad SMARTS) is 1. The Morgan fingerprint density at radius 3 is 2.37 bits per heavy atom. The summed E-state index contributed by atoms with van der Waals surface area (Å²) in [6.45, 7) is 1.89. The Kier molecular flexibility index (Phi) is 5.57.